The van der Waals surface area contributed by atoms with Crippen LogP contribution in [0, 0.1) is 0 Å². The van der Waals surface area contributed by atoms with E-state index < -0.39 is 0 Å². The molecule has 0 radical (unpaired) electrons. The van der Waals surface area contributed by atoms with Crippen LogP contribution in [0.25, 0.3) is 0 Å². The van der Waals surface area contributed by atoms with Gasteiger partial charge in [-0.3, -0.25) is 0 Å². The zero-order valence-corrected chi connectivity index (χ0v) is 18.0. The maximum atomic E-state index is 10.2. The van der Waals surface area contributed by atoms with Gasteiger partial charge in [0.1, 0.15) is 11.2 Å². The highest BCUT2D eigenvalue weighted by Crippen LogP contribution is 2.32. The Kier molecular flexibility index (Phi) is 6.87. The van der Waals surface area contributed by atoms with E-state index in [1.54, 1.807) is 12.1 Å². The summed E-state index contributed by atoms with van der Waals surface area (Å²) in [6, 6.07) is 11.2. The van der Waals surface area contributed by atoms with Gasteiger partial charge in [-0.25, -0.2) is 0 Å². The molecule has 2 rings (SSSR count). The Balaban J connectivity index is 1.84. The summed E-state index contributed by atoms with van der Waals surface area (Å²) in [6.45, 7) is 11.7. The van der Waals surface area contributed by atoms with E-state index in [0.29, 0.717) is 11.5 Å². The standard InChI is InChI=1S/C24H34O4/c1-23(2,3)27-21-13-11-17(15-19(21)25)9-7-8-10-18-12-14-22(20(26)16-18)28-24(4,5)6/h11-16,25-26H,7-10H2,1-6H3. The van der Waals surface area contributed by atoms with E-state index in [2.05, 4.69) is 0 Å². The molecule has 2 aromatic carbocycles. The lowest BCUT2D eigenvalue weighted by atomic mass is 10.0. The molecule has 4 heteroatoms. The van der Waals surface area contributed by atoms with Crippen molar-refractivity contribution in [1.29, 1.82) is 0 Å². The van der Waals surface area contributed by atoms with Crippen molar-refractivity contribution in [3.05, 3.63) is 47.5 Å². The number of unbranched alkanes of at least 4 members (excludes halogenated alkanes) is 1. The van der Waals surface area contributed by atoms with Crippen LogP contribution in [0.15, 0.2) is 36.4 Å². The van der Waals surface area contributed by atoms with Crippen molar-refractivity contribution in [3.63, 3.8) is 0 Å². The van der Waals surface area contributed by atoms with Gasteiger partial charge in [-0.1, -0.05) is 12.1 Å². The van der Waals surface area contributed by atoms with Crippen molar-refractivity contribution in [2.75, 3.05) is 0 Å². The number of hydrogen-bond donors (Lipinski definition) is 2. The van der Waals surface area contributed by atoms with Crippen LogP contribution in [0.3, 0.4) is 0 Å². The molecule has 0 unspecified atom stereocenters. The molecule has 2 aromatic rings. The van der Waals surface area contributed by atoms with Gasteiger partial charge in [0.05, 0.1) is 0 Å². The Labute approximate surface area is 169 Å². The van der Waals surface area contributed by atoms with Crippen LogP contribution < -0.4 is 9.47 Å². The Morgan fingerprint density at radius 1 is 0.643 bits per heavy atom. The van der Waals surface area contributed by atoms with Gasteiger partial charge in [-0.05, 0) is 103 Å². The fourth-order valence-corrected chi connectivity index (χ4v) is 2.93. The third kappa shape index (κ3) is 7.34. The van der Waals surface area contributed by atoms with Crippen LogP contribution in [0.2, 0.25) is 0 Å². The number of ether oxygens (including phenoxy) is 2. The summed E-state index contributed by atoms with van der Waals surface area (Å²) in [7, 11) is 0. The minimum absolute atomic E-state index is 0.187. The molecular formula is C24H34O4. The summed E-state index contributed by atoms with van der Waals surface area (Å²) in [5.74, 6) is 1.41. The monoisotopic (exact) mass is 386 g/mol. The third-order valence-corrected chi connectivity index (χ3v) is 4.06. The van der Waals surface area contributed by atoms with Crippen LogP contribution in [0.4, 0.5) is 0 Å². The number of aromatic hydroxyl groups is 2. The van der Waals surface area contributed by atoms with Crippen LogP contribution in [-0.2, 0) is 12.8 Å². The van der Waals surface area contributed by atoms with Crippen LogP contribution in [0.5, 0.6) is 23.0 Å². The first-order valence-electron chi connectivity index (χ1n) is 9.95. The topological polar surface area (TPSA) is 58.9 Å². The van der Waals surface area contributed by atoms with Gasteiger partial charge in [0.15, 0.2) is 23.0 Å². The summed E-state index contributed by atoms with van der Waals surface area (Å²) in [6.07, 6.45) is 3.78. The van der Waals surface area contributed by atoms with E-state index in [4.69, 9.17) is 9.47 Å². The molecule has 0 heterocycles. The summed E-state index contributed by atoms with van der Waals surface area (Å²) in [5.41, 5.74) is 1.52. The van der Waals surface area contributed by atoms with Crippen molar-refractivity contribution >= 4 is 0 Å². The smallest absolute Gasteiger partial charge is 0.161 e. The molecule has 0 bridgehead atoms. The minimum atomic E-state index is -0.335. The maximum Gasteiger partial charge on any atom is 0.161 e. The zero-order chi connectivity index (χ0) is 20.9. The molecule has 0 aliphatic carbocycles. The molecule has 0 spiro atoms. The quantitative estimate of drug-likeness (QED) is 0.571. The Morgan fingerprint density at radius 2 is 1.00 bits per heavy atom. The number of phenols is 2. The molecule has 0 fully saturated rings. The molecular weight excluding hydrogens is 352 g/mol. The lowest BCUT2D eigenvalue weighted by Crippen LogP contribution is -2.23. The van der Waals surface area contributed by atoms with Crippen molar-refractivity contribution in [2.24, 2.45) is 0 Å². The van der Waals surface area contributed by atoms with Crippen LogP contribution in [0.1, 0.15) is 65.5 Å². The molecule has 0 saturated heterocycles. The highest BCUT2D eigenvalue weighted by atomic mass is 16.5. The summed E-state index contributed by atoms with van der Waals surface area (Å²) < 4.78 is 11.5. The normalized spacial score (nSPS) is 12.1. The largest absolute Gasteiger partial charge is 0.504 e. The number of hydrogen-bond acceptors (Lipinski definition) is 4. The minimum Gasteiger partial charge on any atom is -0.504 e. The zero-order valence-electron chi connectivity index (χ0n) is 18.0. The molecule has 28 heavy (non-hydrogen) atoms. The Hall–Kier alpha value is -2.36. The van der Waals surface area contributed by atoms with E-state index in [0.717, 1.165) is 36.8 Å². The summed E-state index contributed by atoms with van der Waals surface area (Å²) in [4.78, 5) is 0. The number of phenolic OH excluding ortho intramolecular Hbond substituents is 2. The second kappa shape index (κ2) is 8.76. The number of aryl methyl sites for hydroxylation is 2. The molecule has 2 N–H and O–H groups in total. The van der Waals surface area contributed by atoms with E-state index in [-0.39, 0.29) is 22.7 Å². The number of rotatable bonds is 7. The van der Waals surface area contributed by atoms with E-state index in [1.807, 2.05) is 65.8 Å². The van der Waals surface area contributed by atoms with Crippen molar-refractivity contribution < 1.29 is 19.7 Å². The first-order valence-corrected chi connectivity index (χ1v) is 9.95. The van der Waals surface area contributed by atoms with Crippen molar-refractivity contribution in [2.45, 2.75) is 78.4 Å². The molecule has 0 amide bonds. The molecule has 0 aromatic heterocycles. The maximum absolute atomic E-state index is 10.2. The van der Waals surface area contributed by atoms with Gasteiger partial charge in [0.2, 0.25) is 0 Å². The Morgan fingerprint density at radius 3 is 1.29 bits per heavy atom. The average molecular weight is 387 g/mol. The molecule has 0 atom stereocenters. The molecule has 0 aliphatic rings. The Bertz CT molecular complexity index is 715. The number of benzene rings is 2. The second-order valence-corrected chi connectivity index (χ2v) is 9.24. The summed E-state index contributed by atoms with van der Waals surface area (Å²) in [5, 5.41) is 20.3. The third-order valence-electron chi connectivity index (χ3n) is 4.06. The average Bonchev–Trinajstić information content (AvgIpc) is 2.54. The van der Waals surface area contributed by atoms with E-state index in [1.165, 1.54) is 0 Å². The van der Waals surface area contributed by atoms with Gasteiger partial charge in [0.25, 0.3) is 0 Å². The molecule has 154 valence electrons. The molecule has 0 aliphatic heterocycles. The van der Waals surface area contributed by atoms with Gasteiger partial charge in [-0.2, -0.15) is 0 Å². The summed E-state index contributed by atoms with van der Waals surface area (Å²) >= 11 is 0. The lowest BCUT2D eigenvalue weighted by Gasteiger charge is -2.22. The highest BCUT2D eigenvalue weighted by Gasteiger charge is 2.15. The lowest BCUT2D eigenvalue weighted by molar-refractivity contribution is 0.125. The van der Waals surface area contributed by atoms with E-state index >= 15 is 0 Å². The fourth-order valence-electron chi connectivity index (χ4n) is 2.93. The van der Waals surface area contributed by atoms with Crippen LogP contribution in [-0.4, -0.2) is 21.4 Å². The van der Waals surface area contributed by atoms with Gasteiger partial charge >= 0.3 is 0 Å². The van der Waals surface area contributed by atoms with E-state index in [9.17, 15) is 10.2 Å². The fraction of sp³-hybridized carbons (Fsp3) is 0.500. The first-order chi connectivity index (χ1) is 12.9. The van der Waals surface area contributed by atoms with Gasteiger partial charge < -0.3 is 19.7 Å². The van der Waals surface area contributed by atoms with Crippen molar-refractivity contribution in [3.8, 4) is 23.0 Å². The predicted molar refractivity (Wildman–Crippen MR) is 114 cm³/mol. The SMILES string of the molecule is CC(C)(C)Oc1ccc(CCCCc2ccc(OC(C)(C)C)c(O)c2)cc1O. The molecule has 4 nitrogen and oxygen atoms in total. The van der Waals surface area contributed by atoms with Crippen LogP contribution >= 0.6 is 0 Å². The molecule has 0 saturated carbocycles. The van der Waals surface area contributed by atoms with Gasteiger partial charge in [0, 0.05) is 0 Å². The first kappa shape index (κ1) is 21.9. The van der Waals surface area contributed by atoms with Crippen molar-refractivity contribution in [1.82, 2.24) is 0 Å². The second-order valence-electron chi connectivity index (χ2n) is 9.24. The predicted octanol–water partition coefficient (Wildman–Crippen LogP) is 6.02. The highest BCUT2D eigenvalue weighted by molar-refractivity contribution is 5.43. The van der Waals surface area contributed by atoms with Gasteiger partial charge in [-0.15, -0.1) is 0 Å².